The van der Waals surface area contributed by atoms with Gasteiger partial charge in [-0.25, -0.2) is 0 Å². The van der Waals surface area contributed by atoms with Gasteiger partial charge >= 0.3 is 0 Å². The van der Waals surface area contributed by atoms with Crippen LogP contribution < -0.4 is 4.74 Å². The molecule has 0 fully saturated rings. The van der Waals surface area contributed by atoms with Crippen molar-refractivity contribution in [3.63, 3.8) is 0 Å². The third-order valence-electron chi connectivity index (χ3n) is 3.60. The van der Waals surface area contributed by atoms with Crippen LogP contribution >= 0.6 is 0 Å². The van der Waals surface area contributed by atoms with Gasteiger partial charge in [0.1, 0.15) is 12.4 Å². The molecule has 2 aromatic rings. The van der Waals surface area contributed by atoms with Gasteiger partial charge in [0, 0.05) is 23.3 Å². The topological polar surface area (TPSA) is 52.6 Å². The van der Waals surface area contributed by atoms with Crippen LogP contribution in [0.15, 0.2) is 42.5 Å². The van der Waals surface area contributed by atoms with Crippen molar-refractivity contribution >= 4 is 11.6 Å². The van der Waals surface area contributed by atoms with Crippen LogP contribution in [0.5, 0.6) is 5.75 Å². The Bertz CT molecular complexity index is 734. The Labute approximate surface area is 128 Å². The molecule has 1 aliphatic rings. The lowest BCUT2D eigenvalue weighted by molar-refractivity contribution is 0.0963. The monoisotopic (exact) mass is 296 g/mol. The van der Waals surface area contributed by atoms with Crippen LogP contribution in [0.2, 0.25) is 0 Å². The number of fused-ring (bicyclic) bond motifs is 2. The van der Waals surface area contributed by atoms with Gasteiger partial charge in [-0.2, -0.15) is 0 Å². The van der Waals surface area contributed by atoms with Crippen LogP contribution in [0.25, 0.3) is 0 Å². The second-order valence-electron chi connectivity index (χ2n) is 4.93. The van der Waals surface area contributed by atoms with Crippen molar-refractivity contribution in [3.8, 4) is 5.75 Å². The molecule has 0 aromatic heterocycles. The highest BCUT2D eigenvalue weighted by molar-refractivity contribution is 6.29. The molecule has 0 unspecified atom stereocenters. The lowest BCUT2D eigenvalue weighted by atomic mass is 9.83. The minimum atomic E-state index is -0.169. The summed E-state index contributed by atoms with van der Waals surface area (Å²) in [5, 5.41) is 0. The highest BCUT2D eigenvalue weighted by Gasteiger charge is 2.31. The predicted octanol–water partition coefficient (Wildman–Crippen LogP) is 2.88. The van der Waals surface area contributed by atoms with Crippen molar-refractivity contribution in [3.05, 3.63) is 64.7 Å². The van der Waals surface area contributed by atoms with Gasteiger partial charge in [-0.15, -0.1) is 0 Å². The summed E-state index contributed by atoms with van der Waals surface area (Å²) in [5.41, 5.74) is 1.63. The summed E-state index contributed by atoms with van der Waals surface area (Å²) in [7, 11) is 0. The summed E-state index contributed by atoms with van der Waals surface area (Å²) >= 11 is 0. The van der Waals surface area contributed by atoms with Crippen LogP contribution in [-0.2, 0) is 4.74 Å². The molecule has 0 saturated heterocycles. The Morgan fingerprint density at radius 3 is 2.23 bits per heavy atom. The van der Waals surface area contributed by atoms with Gasteiger partial charge in [-0.1, -0.05) is 36.4 Å². The van der Waals surface area contributed by atoms with Gasteiger partial charge in [-0.05, 0) is 13.0 Å². The maximum Gasteiger partial charge on any atom is 0.198 e. The number of benzene rings is 2. The van der Waals surface area contributed by atoms with E-state index in [4.69, 9.17) is 9.47 Å². The molecule has 0 N–H and O–H groups in total. The molecule has 0 spiro atoms. The first-order valence-corrected chi connectivity index (χ1v) is 7.26. The fraction of sp³-hybridized carbons (Fsp3) is 0.222. The highest BCUT2D eigenvalue weighted by atomic mass is 16.5. The normalized spacial score (nSPS) is 12.8. The number of ketones is 2. The Morgan fingerprint density at radius 1 is 0.818 bits per heavy atom. The molecule has 1 aliphatic carbocycles. The van der Waals surface area contributed by atoms with E-state index < -0.39 is 0 Å². The van der Waals surface area contributed by atoms with E-state index in [0.29, 0.717) is 47.8 Å². The van der Waals surface area contributed by atoms with Gasteiger partial charge in [0.2, 0.25) is 0 Å². The molecule has 0 saturated carbocycles. The Balaban J connectivity index is 1.98. The summed E-state index contributed by atoms with van der Waals surface area (Å²) in [4.78, 5) is 25.2. The van der Waals surface area contributed by atoms with Crippen LogP contribution in [0, 0.1) is 0 Å². The fourth-order valence-electron chi connectivity index (χ4n) is 2.59. The van der Waals surface area contributed by atoms with Crippen LogP contribution in [0.1, 0.15) is 38.8 Å². The van der Waals surface area contributed by atoms with E-state index in [1.54, 1.807) is 42.5 Å². The molecule has 4 heteroatoms. The molecule has 4 nitrogen and oxygen atoms in total. The quantitative estimate of drug-likeness (QED) is 0.679. The molecule has 0 radical (unpaired) electrons. The van der Waals surface area contributed by atoms with Crippen molar-refractivity contribution in [1.82, 2.24) is 0 Å². The Morgan fingerprint density at radius 2 is 1.50 bits per heavy atom. The molecule has 0 atom stereocenters. The molecule has 112 valence electrons. The van der Waals surface area contributed by atoms with Crippen molar-refractivity contribution < 1.29 is 19.1 Å². The maximum absolute atomic E-state index is 12.7. The van der Waals surface area contributed by atoms with E-state index in [1.165, 1.54) is 0 Å². The van der Waals surface area contributed by atoms with Gasteiger partial charge in [-0.3, -0.25) is 9.59 Å². The summed E-state index contributed by atoms with van der Waals surface area (Å²) < 4.78 is 10.9. The van der Waals surface area contributed by atoms with E-state index in [9.17, 15) is 9.59 Å². The lowest BCUT2D eigenvalue weighted by Gasteiger charge is -2.20. The lowest BCUT2D eigenvalue weighted by Crippen LogP contribution is -2.22. The molecule has 0 bridgehead atoms. The number of hydrogen-bond donors (Lipinski definition) is 0. The Kier molecular flexibility index (Phi) is 4.02. The number of rotatable bonds is 5. The second-order valence-corrected chi connectivity index (χ2v) is 4.93. The van der Waals surface area contributed by atoms with Crippen LogP contribution in [0.4, 0.5) is 0 Å². The number of hydrogen-bond acceptors (Lipinski definition) is 4. The first-order valence-electron chi connectivity index (χ1n) is 7.26. The van der Waals surface area contributed by atoms with Crippen molar-refractivity contribution in [2.45, 2.75) is 6.92 Å². The zero-order valence-corrected chi connectivity index (χ0v) is 12.3. The van der Waals surface area contributed by atoms with E-state index in [1.807, 2.05) is 6.92 Å². The molecule has 0 amide bonds. The highest BCUT2D eigenvalue weighted by Crippen LogP contribution is 2.33. The number of carbonyl (C=O) groups excluding carboxylic acids is 2. The van der Waals surface area contributed by atoms with Crippen molar-refractivity contribution in [2.24, 2.45) is 0 Å². The van der Waals surface area contributed by atoms with Gasteiger partial charge < -0.3 is 9.47 Å². The summed E-state index contributed by atoms with van der Waals surface area (Å²) in [6, 6.07) is 12.0. The number of carbonyl (C=O) groups is 2. The van der Waals surface area contributed by atoms with Crippen molar-refractivity contribution in [2.75, 3.05) is 19.8 Å². The molecular weight excluding hydrogens is 280 g/mol. The average molecular weight is 296 g/mol. The maximum atomic E-state index is 12.7. The van der Waals surface area contributed by atoms with E-state index in [-0.39, 0.29) is 11.6 Å². The third kappa shape index (κ3) is 2.42. The molecule has 2 aromatic carbocycles. The Hall–Kier alpha value is -2.46. The predicted molar refractivity (Wildman–Crippen MR) is 81.7 cm³/mol. The molecule has 0 heterocycles. The minimum Gasteiger partial charge on any atom is -0.490 e. The minimum absolute atomic E-state index is 0.138. The second kappa shape index (κ2) is 6.12. The summed E-state index contributed by atoms with van der Waals surface area (Å²) in [6.45, 7) is 3.30. The molecular formula is C18H16O4. The third-order valence-corrected chi connectivity index (χ3v) is 3.60. The van der Waals surface area contributed by atoms with E-state index in [0.717, 1.165) is 0 Å². The first kappa shape index (κ1) is 14.5. The molecule has 0 aliphatic heterocycles. The zero-order valence-electron chi connectivity index (χ0n) is 12.3. The largest absolute Gasteiger partial charge is 0.490 e. The smallest absolute Gasteiger partial charge is 0.198 e. The van der Waals surface area contributed by atoms with Gasteiger partial charge in [0.05, 0.1) is 12.2 Å². The van der Waals surface area contributed by atoms with Crippen LogP contribution in [0.3, 0.4) is 0 Å². The van der Waals surface area contributed by atoms with E-state index in [2.05, 4.69) is 0 Å². The zero-order chi connectivity index (χ0) is 15.5. The SMILES string of the molecule is CCOCCOc1cccc2c1C(=O)c1ccccc1C2=O. The fourth-order valence-corrected chi connectivity index (χ4v) is 2.59. The van der Waals surface area contributed by atoms with Gasteiger partial charge in [0.15, 0.2) is 11.6 Å². The van der Waals surface area contributed by atoms with Crippen molar-refractivity contribution in [1.29, 1.82) is 0 Å². The van der Waals surface area contributed by atoms with Crippen LogP contribution in [-0.4, -0.2) is 31.4 Å². The summed E-state index contributed by atoms with van der Waals surface area (Å²) in [6.07, 6.45) is 0. The summed E-state index contributed by atoms with van der Waals surface area (Å²) in [5.74, 6) is 0.128. The van der Waals surface area contributed by atoms with E-state index >= 15 is 0 Å². The first-order chi connectivity index (χ1) is 10.7. The molecule has 3 rings (SSSR count). The average Bonchev–Trinajstić information content (AvgIpc) is 2.56. The molecule has 22 heavy (non-hydrogen) atoms. The standard InChI is InChI=1S/C18H16O4/c1-2-21-10-11-22-15-9-5-8-14-16(15)18(20)13-7-4-3-6-12(13)17(14)19/h3-9H,2,10-11H2,1H3. The van der Waals surface area contributed by atoms with Gasteiger partial charge in [0.25, 0.3) is 0 Å². The number of ether oxygens (including phenoxy) is 2.